The minimum atomic E-state index is -2.41. The summed E-state index contributed by atoms with van der Waals surface area (Å²) in [5.41, 5.74) is 0. The molecule has 0 aromatic carbocycles. The molecule has 0 saturated heterocycles. The fourth-order valence-electron chi connectivity index (χ4n) is 5.45. The third-order valence-corrected chi connectivity index (χ3v) is 13.4. The van der Waals surface area contributed by atoms with Crippen molar-refractivity contribution >= 4 is 18.1 Å². The SMILES string of the molecule is CCCC#CCC(C)COC1=C/C=C\C=C/C(OC2CCCCCCCC2)=C1P(=S)(N(CC)CC)N(CC)CC. The van der Waals surface area contributed by atoms with E-state index in [2.05, 4.69) is 93.1 Å². The van der Waals surface area contributed by atoms with Crippen molar-refractivity contribution in [1.29, 1.82) is 0 Å². The molecule has 0 radical (unpaired) electrons. The summed E-state index contributed by atoms with van der Waals surface area (Å²) in [6.07, 6.45) is 21.2. The molecule has 1 unspecified atom stereocenters. The summed E-state index contributed by atoms with van der Waals surface area (Å²) < 4.78 is 18.8. The third-order valence-electron chi connectivity index (χ3n) is 7.77. The molecule has 1 atom stereocenters. The van der Waals surface area contributed by atoms with Crippen LogP contribution in [0.5, 0.6) is 0 Å². The summed E-state index contributed by atoms with van der Waals surface area (Å²) in [7, 11) is 0. The zero-order chi connectivity index (χ0) is 29.2. The number of hydrogen-bond acceptors (Lipinski definition) is 3. The Morgan fingerprint density at radius 1 is 0.875 bits per heavy atom. The predicted octanol–water partition coefficient (Wildman–Crippen LogP) is 9.57. The highest BCUT2D eigenvalue weighted by Crippen LogP contribution is 2.64. The fourth-order valence-corrected chi connectivity index (χ4v) is 10.7. The fraction of sp³-hybridized carbons (Fsp3) is 0.706. The average Bonchev–Trinajstić information content (AvgIpc) is 3.07. The second-order valence-electron chi connectivity index (χ2n) is 11.0. The molecule has 1 saturated carbocycles. The number of hydrogen-bond donors (Lipinski definition) is 0. The first-order valence-corrected chi connectivity index (χ1v) is 18.8. The lowest BCUT2D eigenvalue weighted by atomic mass is 10.1. The van der Waals surface area contributed by atoms with Gasteiger partial charge in [0.2, 0.25) is 0 Å². The molecule has 1 fully saturated rings. The van der Waals surface area contributed by atoms with Crippen LogP contribution in [0.25, 0.3) is 0 Å². The molecule has 0 bridgehead atoms. The number of ether oxygens (including phenoxy) is 2. The lowest BCUT2D eigenvalue weighted by molar-refractivity contribution is 0.102. The highest BCUT2D eigenvalue weighted by molar-refractivity contribution is 8.14. The van der Waals surface area contributed by atoms with Gasteiger partial charge in [-0.25, -0.2) is 0 Å². The molecule has 0 amide bonds. The Morgan fingerprint density at radius 2 is 1.48 bits per heavy atom. The highest BCUT2D eigenvalue weighted by atomic mass is 32.4. The van der Waals surface area contributed by atoms with Crippen molar-refractivity contribution in [3.8, 4) is 11.8 Å². The Kier molecular flexibility index (Phi) is 17.2. The van der Waals surface area contributed by atoms with E-state index in [0.717, 1.165) is 75.1 Å². The lowest BCUT2D eigenvalue weighted by Gasteiger charge is -2.44. The summed E-state index contributed by atoms with van der Waals surface area (Å²) in [5, 5.41) is 1.08. The normalized spacial score (nSPS) is 19.9. The van der Waals surface area contributed by atoms with E-state index in [4.69, 9.17) is 21.3 Å². The first-order chi connectivity index (χ1) is 19.5. The quantitative estimate of drug-likeness (QED) is 0.149. The van der Waals surface area contributed by atoms with Gasteiger partial charge in [0.05, 0.1) is 18.0 Å². The van der Waals surface area contributed by atoms with Crippen molar-refractivity contribution in [1.82, 2.24) is 9.34 Å². The van der Waals surface area contributed by atoms with E-state index in [-0.39, 0.29) is 6.10 Å². The molecule has 2 aliphatic carbocycles. The second-order valence-corrected chi connectivity index (χ2v) is 15.2. The van der Waals surface area contributed by atoms with Crippen molar-refractivity contribution in [3.05, 3.63) is 47.2 Å². The van der Waals surface area contributed by atoms with Gasteiger partial charge in [-0.15, -0.1) is 11.8 Å². The minimum absolute atomic E-state index is 0.210. The van der Waals surface area contributed by atoms with Crippen molar-refractivity contribution in [2.24, 2.45) is 5.92 Å². The van der Waals surface area contributed by atoms with Crippen LogP contribution in [-0.2, 0) is 21.3 Å². The standard InChI is InChI=1S/C34H57N2O2PS/c1-7-12-13-19-24-30(6)29-37-32-27-22-18-23-28-33(38-31-25-20-16-14-15-17-21-26-31)34(32)39(40,35(8-2)9-3)36(10-4)11-5/h18,22-23,27-28,30-31H,7-12,14-17,20-21,24-26,29H2,1-6H3/b22-18-,23-18?,27-22?,28-23-,32-27?,33-28?,34-32?,34-33?. The maximum Gasteiger partial charge on any atom is 0.134 e. The number of nitrogens with zero attached hydrogens (tertiary/aromatic N) is 2. The summed E-state index contributed by atoms with van der Waals surface area (Å²) in [4.78, 5) is 0. The summed E-state index contributed by atoms with van der Waals surface area (Å²) in [5.74, 6) is 8.75. The Bertz CT molecular complexity index is 940. The molecule has 0 aliphatic heterocycles. The van der Waals surface area contributed by atoms with Gasteiger partial charge < -0.3 is 9.47 Å². The van der Waals surface area contributed by atoms with Crippen LogP contribution in [0.1, 0.15) is 112 Å². The van der Waals surface area contributed by atoms with Crippen molar-refractivity contribution in [3.63, 3.8) is 0 Å². The minimum Gasteiger partial charge on any atom is -0.492 e. The summed E-state index contributed by atoms with van der Waals surface area (Å²) in [6, 6.07) is 0. The first kappa shape index (κ1) is 34.9. The highest BCUT2D eigenvalue weighted by Gasteiger charge is 2.39. The van der Waals surface area contributed by atoms with Crippen LogP contribution in [0, 0.1) is 17.8 Å². The summed E-state index contributed by atoms with van der Waals surface area (Å²) in [6.45, 7) is 17.5. The molecule has 0 aromatic heterocycles. The average molecular weight is 589 g/mol. The Labute approximate surface area is 252 Å². The third kappa shape index (κ3) is 10.5. The van der Waals surface area contributed by atoms with Crippen molar-refractivity contribution < 1.29 is 9.47 Å². The van der Waals surface area contributed by atoms with E-state index in [0.29, 0.717) is 12.5 Å². The molecular formula is C34H57N2O2PS. The van der Waals surface area contributed by atoms with Crippen LogP contribution in [0.3, 0.4) is 0 Å². The van der Waals surface area contributed by atoms with E-state index in [1.165, 1.54) is 38.5 Å². The monoisotopic (exact) mass is 588 g/mol. The van der Waals surface area contributed by atoms with Crippen LogP contribution in [0.2, 0.25) is 0 Å². The maximum absolute atomic E-state index is 7.05. The van der Waals surface area contributed by atoms with Gasteiger partial charge in [0.25, 0.3) is 0 Å². The molecule has 0 N–H and O–H groups in total. The van der Waals surface area contributed by atoms with Gasteiger partial charge in [-0.1, -0.05) is 97.3 Å². The van der Waals surface area contributed by atoms with Gasteiger partial charge >= 0.3 is 0 Å². The number of unbranched alkanes of at least 4 members (excludes halogenated alkanes) is 1. The molecule has 4 nitrogen and oxygen atoms in total. The zero-order valence-electron chi connectivity index (χ0n) is 26.4. The zero-order valence-corrected chi connectivity index (χ0v) is 28.1. The van der Waals surface area contributed by atoms with E-state index in [9.17, 15) is 0 Å². The Balaban J connectivity index is 2.61. The van der Waals surface area contributed by atoms with Gasteiger partial charge in [0.1, 0.15) is 17.9 Å². The van der Waals surface area contributed by atoms with E-state index in [1.54, 1.807) is 0 Å². The van der Waals surface area contributed by atoms with E-state index in [1.807, 2.05) is 0 Å². The van der Waals surface area contributed by atoms with Crippen molar-refractivity contribution in [2.75, 3.05) is 32.8 Å². The first-order valence-electron chi connectivity index (χ1n) is 16.1. The molecule has 0 spiro atoms. The van der Waals surface area contributed by atoms with E-state index >= 15 is 0 Å². The molecule has 226 valence electrons. The van der Waals surface area contributed by atoms with Gasteiger partial charge in [-0.05, 0) is 44.3 Å². The molecule has 6 heteroatoms. The molecular weight excluding hydrogens is 531 g/mol. The topological polar surface area (TPSA) is 24.9 Å². The maximum atomic E-state index is 7.05. The van der Waals surface area contributed by atoms with Gasteiger partial charge in [0, 0.05) is 44.9 Å². The van der Waals surface area contributed by atoms with Crippen LogP contribution in [-0.4, -0.2) is 48.2 Å². The van der Waals surface area contributed by atoms with Crippen molar-refractivity contribution in [2.45, 2.75) is 118 Å². The van der Waals surface area contributed by atoms with Crippen LogP contribution in [0.4, 0.5) is 0 Å². The van der Waals surface area contributed by atoms with Gasteiger partial charge in [0.15, 0.2) is 0 Å². The van der Waals surface area contributed by atoms with E-state index < -0.39 is 6.34 Å². The number of rotatable bonds is 14. The molecule has 40 heavy (non-hydrogen) atoms. The van der Waals surface area contributed by atoms with Crippen LogP contribution in [0.15, 0.2) is 47.2 Å². The molecule has 2 aliphatic rings. The smallest absolute Gasteiger partial charge is 0.134 e. The van der Waals surface area contributed by atoms with Crippen LogP contribution >= 0.6 is 6.34 Å². The number of allylic oxidation sites excluding steroid dienone is 6. The largest absolute Gasteiger partial charge is 0.492 e. The summed E-state index contributed by atoms with van der Waals surface area (Å²) >= 11 is 6.86. The van der Waals surface area contributed by atoms with Gasteiger partial charge in [-0.2, -0.15) is 0 Å². The molecule has 2 rings (SSSR count). The Hall–Kier alpha value is -1.31. The molecule has 0 aromatic rings. The predicted molar refractivity (Wildman–Crippen MR) is 178 cm³/mol. The molecule has 0 heterocycles. The van der Waals surface area contributed by atoms with Gasteiger partial charge in [-0.3, -0.25) is 9.34 Å². The lowest BCUT2D eigenvalue weighted by Crippen LogP contribution is -2.34. The van der Waals surface area contributed by atoms with Crippen LogP contribution < -0.4 is 0 Å². The second kappa shape index (κ2) is 19.7. The Morgan fingerprint density at radius 3 is 2.05 bits per heavy atom.